The van der Waals surface area contributed by atoms with E-state index in [-0.39, 0.29) is 35.9 Å². The summed E-state index contributed by atoms with van der Waals surface area (Å²) in [6, 6.07) is 2.59. The molecule has 0 aromatic carbocycles. The number of nitrogens with one attached hydrogen (secondary N) is 2. The average molecular weight is 447 g/mol. The molecule has 2 unspecified atom stereocenters. The molecule has 0 bridgehead atoms. The molecule has 1 fully saturated rings. The zero-order valence-electron chi connectivity index (χ0n) is 14.2. The molecule has 1 aliphatic rings. The number of rotatable bonds is 4. The highest BCUT2D eigenvalue weighted by atomic mass is 127. The number of guanidine groups is 1. The number of hydrogen-bond donors (Lipinski definition) is 2. The Hall–Kier alpha value is -0.880. The smallest absolute Gasteiger partial charge is 0.191 e. The third-order valence-corrected chi connectivity index (χ3v) is 5.04. The van der Waals surface area contributed by atoms with Crippen molar-refractivity contribution in [1.82, 2.24) is 15.6 Å². The monoisotopic (exact) mass is 447 g/mol. The maximum atomic E-state index is 9.16. The zero-order valence-corrected chi connectivity index (χ0v) is 17.4. The van der Waals surface area contributed by atoms with Crippen LogP contribution in [0, 0.1) is 24.2 Å². The fourth-order valence-electron chi connectivity index (χ4n) is 2.89. The lowest BCUT2D eigenvalue weighted by Gasteiger charge is -2.18. The molecule has 128 valence electrons. The van der Waals surface area contributed by atoms with Crippen LogP contribution in [0.4, 0.5) is 0 Å². The summed E-state index contributed by atoms with van der Waals surface area (Å²) in [5, 5.41) is 16.9. The summed E-state index contributed by atoms with van der Waals surface area (Å²) in [6.45, 7) is 7.13. The maximum absolute atomic E-state index is 9.16. The van der Waals surface area contributed by atoms with Gasteiger partial charge in [-0.2, -0.15) is 5.26 Å². The fourth-order valence-corrected chi connectivity index (χ4v) is 3.92. The highest BCUT2D eigenvalue weighted by Gasteiger charge is 2.27. The maximum Gasteiger partial charge on any atom is 0.191 e. The lowest BCUT2D eigenvalue weighted by atomic mass is 10.1. The van der Waals surface area contributed by atoms with E-state index in [1.165, 1.54) is 10.6 Å². The van der Waals surface area contributed by atoms with Crippen LogP contribution in [0.2, 0.25) is 0 Å². The normalized spacial score (nSPS) is 21.0. The van der Waals surface area contributed by atoms with Crippen LogP contribution in [0.25, 0.3) is 0 Å². The van der Waals surface area contributed by atoms with Gasteiger partial charge in [-0.15, -0.1) is 35.3 Å². The van der Waals surface area contributed by atoms with Gasteiger partial charge in [-0.1, -0.05) is 13.8 Å². The van der Waals surface area contributed by atoms with Gasteiger partial charge in [0.25, 0.3) is 0 Å². The predicted octanol–water partition coefficient (Wildman–Crippen LogP) is 3.55. The van der Waals surface area contributed by atoms with Crippen molar-refractivity contribution in [3.63, 3.8) is 0 Å². The summed E-state index contributed by atoms with van der Waals surface area (Å²) in [5.41, 5.74) is 1.19. The van der Waals surface area contributed by atoms with E-state index < -0.39 is 0 Å². The van der Waals surface area contributed by atoms with E-state index in [2.05, 4.69) is 42.5 Å². The topological polar surface area (TPSA) is 73.1 Å². The Kier molecular flexibility index (Phi) is 8.26. The Labute approximate surface area is 160 Å². The van der Waals surface area contributed by atoms with Gasteiger partial charge >= 0.3 is 0 Å². The number of thiazole rings is 1. The molecule has 2 atom stereocenters. The minimum Gasteiger partial charge on any atom is -0.352 e. The van der Waals surface area contributed by atoms with Crippen LogP contribution in [0.3, 0.4) is 0 Å². The molecule has 0 radical (unpaired) electrons. The predicted molar refractivity (Wildman–Crippen MR) is 106 cm³/mol. The van der Waals surface area contributed by atoms with Crippen LogP contribution >= 0.6 is 35.3 Å². The van der Waals surface area contributed by atoms with Crippen LogP contribution in [0.15, 0.2) is 4.99 Å². The van der Waals surface area contributed by atoms with E-state index in [9.17, 15) is 0 Å². The van der Waals surface area contributed by atoms with Crippen molar-refractivity contribution in [2.75, 3.05) is 7.05 Å². The third kappa shape index (κ3) is 5.31. The lowest BCUT2D eigenvalue weighted by molar-refractivity contribution is 0.532. The molecule has 0 spiro atoms. The number of halogens is 1. The summed E-state index contributed by atoms with van der Waals surface area (Å²) in [7, 11) is 1.76. The van der Waals surface area contributed by atoms with Crippen molar-refractivity contribution >= 4 is 41.3 Å². The minimum absolute atomic E-state index is 0. The van der Waals surface area contributed by atoms with E-state index in [0.717, 1.165) is 30.2 Å². The number of aryl methyl sites for hydroxylation is 1. The number of hydrogen-bond acceptors (Lipinski definition) is 4. The van der Waals surface area contributed by atoms with Crippen LogP contribution in [-0.4, -0.2) is 24.0 Å². The molecule has 7 heteroatoms. The van der Waals surface area contributed by atoms with Gasteiger partial charge in [-0.25, -0.2) is 4.98 Å². The van der Waals surface area contributed by atoms with E-state index in [1.807, 2.05) is 0 Å². The molecule has 2 rings (SSSR count). The van der Waals surface area contributed by atoms with Crippen molar-refractivity contribution in [3.8, 4) is 6.07 Å². The summed E-state index contributed by atoms with van der Waals surface area (Å²) in [5.74, 6) is 1.30. The van der Waals surface area contributed by atoms with E-state index in [1.54, 1.807) is 18.4 Å². The molecule has 2 N–H and O–H groups in total. The molecule has 1 aromatic heterocycles. The first-order valence-electron chi connectivity index (χ1n) is 7.88. The summed E-state index contributed by atoms with van der Waals surface area (Å²) in [4.78, 5) is 10.2. The van der Waals surface area contributed by atoms with Gasteiger partial charge < -0.3 is 10.6 Å². The Morgan fingerprint density at radius 3 is 2.78 bits per heavy atom. The Balaban J connectivity index is 0.00000264. The van der Waals surface area contributed by atoms with Gasteiger partial charge in [0.1, 0.15) is 5.01 Å². The first kappa shape index (κ1) is 20.2. The second-order valence-corrected chi connectivity index (χ2v) is 7.33. The second-order valence-electron chi connectivity index (χ2n) is 6.05. The van der Waals surface area contributed by atoms with Gasteiger partial charge in [0.2, 0.25) is 0 Å². The van der Waals surface area contributed by atoms with Gasteiger partial charge in [0.15, 0.2) is 5.96 Å². The minimum atomic E-state index is 0. The van der Waals surface area contributed by atoms with Gasteiger partial charge in [0, 0.05) is 18.0 Å². The highest BCUT2D eigenvalue weighted by molar-refractivity contribution is 14.0. The molecule has 23 heavy (non-hydrogen) atoms. The van der Waals surface area contributed by atoms with Crippen LogP contribution < -0.4 is 10.6 Å². The average Bonchev–Trinajstić information content (AvgIpc) is 3.09. The molecule has 1 aromatic rings. The molecular formula is C16H26IN5S. The van der Waals surface area contributed by atoms with Crippen molar-refractivity contribution in [2.24, 2.45) is 10.9 Å². The third-order valence-electron chi connectivity index (χ3n) is 4.06. The lowest BCUT2D eigenvalue weighted by Crippen LogP contribution is -2.44. The van der Waals surface area contributed by atoms with Crippen LogP contribution in [0.1, 0.15) is 54.6 Å². The summed E-state index contributed by atoms with van der Waals surface area (Å²) >= 11 is 1.73. The quantitative estimate of drug-likeness (QED) is 0.421. The van der Waals surface area contributed by atoms with Crippen molar-refractivity contribution < 1.29 is 0 Å². The molecule has 1 aliphatic carbocycles. The molecule has 0 amide bonds. The SMILES string of the molecule is CN=C(NCc1nc(C(C)C)c(C)s1)NC1CCCC1C#N.I. The first-order chi connectivity index (χ1) is 10.5. The highest BCUT2D eigenvalue weighted by Crippen LogP contribution is 2.25. The Bertz CT molecular complexity index is 576. The van der Waals surface area contributed by atoms with E-state index >= 15 is 0 Å². The van der Waals surface area contributed by atoms with Gasteiger partial charge in [-0.3, -0.25) is 4.99 Å². The molecule has 1 saturated carbocycles. The van der Waals surface area contributed by atoms with Crippen molar-refractivity contribution in [2.45, 2.75) is 58.5 Å². The largest absolute Gasteiger partial charge is 0.352 e. The van der Waals surface area contributed by atoms with Gasteiger partial charge in [-0.05, 0) is 32.1 Å². The standard InChI is InChI=1S/C16H25N5S.HI/c1-10(2)15-11(3)22-14(21-15)9-19-16(18-4)20-13-7-5-6-12(13)8-17;/h10,12-13H,5-7,9H2,1-4H3,(H2,18,19,20);1H. The molecular weight excluding hydrogens is 421 g/mol. The van der Waals surface area contributed by atoms with E-state index in [4.69, 9.17) is 10.2 Å². The molecule has 0 saturated heterocycles. The molecule has 0 aliphatic heterocycles. The first-order valence-corrected chi connectivity index (χ1v) is 8.69. The van der Waals surface area contributed by atoms with Crippen LogP contribution in [-0.2, 0) is 6.54 Å². The number of nitrogens with zero attached hydrogens (tertiary/aromatic N) is 3. The summed E-state index contributed by atoms with van der Waals surface area (Å²) < 4.78 is 0. The Morgan fingerprint density at radius 2 is 2.22 bits per heavy atom. The van der Waals surface area contributed by atoms with Crippen molar-refractivity contribution in [3.05, 3.63) is 15.6 Å². The molecule has 5 nitrogen and oxygen atoms in total. The van der Waals surface area contributed by atoms with Gasteiger partial charge in [0.05, 0.1) is 24.2 Å². The number of nitriles is 1. The summed E-state index contributed by atoms with van der Waals surface area (Å²) in [6.07, 6.45) is 3.12. The number of aliphatic imine (C=N–C) groups is 1. The fraction of sp³-hybridized carbons (Fsp3) is 0.688. The second kappa shape index (κ2) is 9.42. The van der Waals surface area contributed by atoms with Crippen LogP contribution in [0.5, 0.6) is 0 Å². The van der Waals surface area contributed by atoms with E-state index in [0.29, 0.717) is 12.5 Å². The molecule has 1 heterocycles. The Morgan fingerprint density at radius 1 is 1.48 bits per heavy atom. The van der Waals surface area contributed by atoms with Crippen molar-refractivity contribution in [1.29, 1.82) is 5.26 Å². The number of aromatic nitrogens is 1. The zero-order chi connectivity index (χ0) is 16.1.